The highest BCUT2D eigenvalue weighted by atomic mass is 35.5. The molecule has 0 spiro atoms. The largest absolute Gasteiger partial charge is 0.512 e. The molecule has 2 atom stereocenters. The predicted octanol–water partition coefficient (Wildman–Crippen LogP) is 3.38. The number of aliphatic hydroxyl groups is 1. The molecule has 0 bridgehead atoms. The van der Waals surface area contributed by atoms with Crippen molar-refractivity contribution in [2.45, 2.75) is 38.2 Å². The van der Waals surface area contributed by atoms with Crippen LogP contribution in [0.25, 0.3) is 0 Å². The van der Waals surface area contributed by atoms with E-state index in [1.54, 1.807) is 6.08 Å². The zero-order valence-electron chi connectivity index (χ0n) is 13.2. The smallest absolute Gasteiger partial charge is 0.165 e. The summed E-state index contributed by atoms with van der Waals surface area (Å²) in [6.07, 6.45) is 5.35. The lowest BCUT2D eigenvalue weighted by atomic mass is 9.75. The molecule has 0 saturated carbocycles. The van der Waals surface area contributed by atoms with E-state index in [-0.39, 0.29) is 30.5 Å². The van der Waals surface area contributed by atoms with E-state index in [2.05, 4.69) is 0 Å². The maximum absolute atomic E-state index is 12.6. The van der Waals surface area contributed by atoms with Gasteiger partial charge in [-0.15, -0.1) is 0 Å². The van der Waals surface area contributed by atoms with E-state index in [0.717, 1.165) is 26.1 Å². The molecule has 0 amide bonds. The summed E-state index contributed by atoms with van der Waals surface area (Å²) in [5.41, 5.74) is 1.68. The molecule has 2 rings (SSSR count). The average molecular weight is 342 g/mol. The van der Waals surface area contributed by atoms with Gasteiger partial charge in [0.05, 0.1) is 18.3 Å². The van der Waals surface area contributed by atoms with Crippen LogP contribution in [-0.4, -0.2) is 43.0 Å². The first-order valence-electron chi connectivity index (χ1n) is 8.06. The first-order chi connectivity index (χ1) is 11.2. The van der Waals surface area contributed by atoms with Crippen molar-refractivity contribution in [3.05, 3.63) is 22.9 Å². The minimum Gasteiger partial charge on any atom is -0.512 e. The van der Waals surface area contributed by atoms with Crippen molar-refractivity contribution in [3.63, 3.8) is 0 Å². The third-order valence-electron chi connectivity index (χ3n) is 4.58. The van der Waals surface area contributed by atoms with E-state index in [0.29, 0.717) is 24.3 Å². The monoisotopic (exact) mass is 341 g/mol. The topological polar surface area (TPSA) is 79.6 Å². The fourth-order valence-electron chi connectivity index (χ4n) is 3.41. The predicted molar refractivity (Wildman–Crippen MR) is 89.1 cm³/mol. The highest BCUT2D eigenvalue weighted by molar-refractivity contribution is 6.25. The Morgan fingerprint density at radius 3 is 2.70 bits per heavy atom. The lowest BCUT2D eigenvalue weighted by molar-refractivity contribution is -0.119. The van der Waals surface area contributed by atoms with Gasteiger partial charge in [0.15, 0.2) is 5.78 Å². The maximum Gasteiger partial charge on any atom is 0.165 e. The quantitative estimate of drug-likeness (QED) is 0.696. The zero-order valence-corrected chi connectivity index (χ0v) is 13.9. The zero-order chi connectivity index (χ0) is 16.7. The summed E-state index contributed by atoms with van der Waals surface area (Å²) in [4.78, 5) is 12.6. The van der Waals surface area contributed by atoms with E-state index in [4.69, 9.17) is 26.5 Å². The van der Waals surface area contributed by atoms with Gasteiger partial charge >= 0.3 is 0 Å². The molecule has 2 aliphatic rings. The Hall–Kier alpha value is -1.17. The Bertz CT molecular complexity index is 483. The molecule has 6 heteroatoms. The molecule has 5 nitrogen and oxygen atoms in total. The third-order valence-corrected chi connectivity index (χ3v) is 4.76. The van der Waals surface area contributed by atoms with Crippen LogP contribution in [-0.2, 0) is 14.3 Å². The van der Waals surface area contributed by atoms with E-state index < -0.39 is 6.10 Å². The molecule has 0 aromatic heterocycles. The van der Waals surface area contributed by atoms with E-state index in [9.17, 15) is 9.90 Å². The van der Waals surface area contributed by atoms with Crippen molar-refractivity contribution in [1.29, 1.82) is 5.41 Å². The van der Waals surface area contributed by atoms with Crippen LogP contribution < -0.4 is 0 Å². The average Bonchev–Trinajstić information content (AvgIpc) is 2.55. The second-order valence-corrected chi connectivity index (χ2v) is 6.28. The summed E-state index contributed by atoms with van der Waals surface area (Å²) < 4.78 is 11.0. The Morgan fingerprint density at radius 2 is 2.09 bits per heavy atom. The van der Waals surface area contributed by atoms with Crippen LogP contribution in [0.4, 0.5) is 0 Å². The summed E-state index contributed by atoms with van der Waals surface area (Å²) in [5.74, 6) is 0.669. The summed E-state index contributed by atoms with van der Waals surface area (Å²) in [6.45, 7) is 1.71. The molecule has 2 N–H and O–H groups in total. The Labute approximate surface area is 141 Å². The highest BCUT2D eigenvalue weighted by Crippen LogP contribution is 2.37. The molecule has 23 heavy (non-hydrogen) atoms. The fraction of sp³-hybridized carbons (Fsp3) is 0.647. The van der Waals surface area contributed by atoms with Crippen molar-refractivity contribution in [2.75, 3.05) is 19.8 Å². The normalized spacial score (nSPS) is 25.1. The summed E-state index contributed by atoms with van der Waals surface area (Å²) in [7, 11) is 0. The van der Waals surface area contributed by atoms with Crippen LogP contribution in [0.3, 0.4) is 0 Å². The molecule has 2 unspecified atom stereocenters. The van der Waals surface area contributed by atoms with E-state index in [1.165, 1.54) is 11.7 Å². The second kappa shape index (κ2) is 9.21. The first kappa shape index (κ1) is 18.2. The SMILES string of the molecule is N=CCC(OCC=CCl)C1=C(O)CC(C2CCOCC2)CC1=O. The molecule has 0 aromatic rings. The standard InChI is InChI=1S/C17H24ClNO4/c18-5-1-7-23-16(2-6-19)17-14(20)10-13(11-15(17)21)12-3-8-22-9-4-12/h1,5-6,12-13,16,19-20H,2-4,7-11H2. The van der Waals surface area contributed by atoms with E-state index >= 15 is 0 Å². The molecular weight excluding hydrogens is 318 g/mol. The molecule has 1 aliphatic carbocycles. The number of halogens is 1. The van der Waals surface area contributed by atoms with Gasteiger partial charge in [-0.2, -0.15) is 0 Å². The Balaban J connectivity index is 2.09. The lowest BCUT2D eigenvalue weighted by Crippen LogP contribution is -2.33. The minimum absolute atomic E-state index is 0.0630. The number of Topliss-reactive ketones (excluding diaryl/α,β-unsaturated/α-hetero) is 1. The van der Waals surface area contributed by atoms with Crippen molar-refractivity contribution >= 4 is 23.6 Å². The molecule has 1 heterocycles. The van der Waals surface area contributed by atoms with Crippen LogP contribution in [0.2, 0.25) is 0 Å². The Morgan fingerprint density at radius 1 is 1.35 bits per heavy atom. The lowest BCUT2D eigenvalue weighted by Gasteiger charge is -2.34. The summed E-state index contributed by atoms with van der Waals surface area (Å²) >= 11 is 5.47. The molecular formula is C17H24ClNO4. The number of nitrogens with one attached hydrogen (secondary N) is 1. The second-order valence-electron chi connectivity index (χ2n) is 6.03. The van der Waals surface area contributed by atoms with Crippen LogP contribution in [0.5, 0.6) is 0 Å². The van der Waals surface area contributed by atoms with Crippen molar-refractivity contribution in [3.8, 4) is 0 Å². The number of allylic oxidation sites excluding steroid dienone is 1. The maximum atomic E-state index is 12.6. The number of hydrogen-bond acceptors (Lipinski definition) is 5. The number of aliphatic hydroxyl groups excluding tert-OH is 1. The summed E-state index contributed by atoms with van der Waals surface area (Å²) in [6, 6.07) is 0. The van der Waals surface area contributed by atoms with Crippen molar-refractivity contribution < 1.29 is 19.4 Å². The fourth-order valence-corrected chi connectivity index (χ4v) is 3.48. The first-order valence-corrected chi connectivity index (χ1v) is 8.49. The molecule has 0 radical (unpaired) electrons. The van der Waals surface area contributed by atoms with Crippen LogP contribution in [0.1, 0.15) is 32.1 Å². The number of carbonyl (C=O) groups is 1. The van der Waals surface area contributed by atoms with Crippen LogP contribution in [0, 0.1) is 17.2 Å². The number of carbonyl (C=O) groups excluding carboxylic acids is 1. The third kappa shape index (κ3) is 4.90. The minimum atomic E-state index is -0.580. The number of rotatable bonds is 7. The van der Waals surface area contributed by atoms with Gasteiger partial charge in [0.2, 0.25) is 0 Å². The van der Waals surface area contributed by atoms with Gasteiger partial charge in [-0.3, -0.25) is 4.79 Å². The number of ether oxygens (including phenoxy) is 2. The summed E-state index contributed by atoms with van der Waals surface area (Å²) in [5, 5.41) is 17.7. The molecule has 0 aromatic carbocycles. The van der Waals surface area contributed by atoms with Crippen LogP contribution in [0.15, 0.2) is 22.9 Å². The molecule has 1 saturated heterocycles. The van der Waals surface area contributed by atoms with Crippen LogP contribution >= 0.6 is 11.6 Å². The van der Waals surface area contributed by atoms with Gasteiger partial charge in [-0.05, 0) is 37.0 Å². The molecule has 1 fully saturated rings. The molecule has 128 valence electrons. The van der Waals surface area contributed by atoms with Gasteiger partial charge in [-0.1, -0.05) is 11.6 Å². The van der Waals surface area contributed by atoms with E-state index in [1.807, 2.05) is 0 Å². The molecule has 1 aliphatic heterocycles. The van der Waals surface area contributed by atoms with Gasteiger partial charge in [0.25, 0.3) is 0 Å². The Kier molecular flexibility index (Phi) is 7.27. The van der Waals surface area contributed by atoms with Crippen molar-refractivity contribution in [2.24, 2.45) is 11.8 Å². The van der Waals surface area contributed by atoms with Gasteiger partial charge in [0, 0.05) is 38.0 Å². The van der Waals surface area contributed by atoms with Gasteiger partial charge in [0.1, 0.15) is 5.76 Å². The van der Waals surface area contributed by atoms with Gasteiger partial charge in [-0.25, -0.2) is 0 Å². The van der Waals surface area contributed by atoms with Gasteiger partial charge < -0.3 is 20.0 Å². The van der Waals surface area contributed by atoms with Crippen molar-refractivity contribution in [1.82, 2.24) is 0 Å². The number of ketones is 1. The highest BCUT2D eigenvalue weighted by Gasteiger charge is 2.36. The number of hydrogen-bond donors (Lipinski definition) is 2.